The van der Waals surface area contributed by atoms with Crippen molar-refractivity contribution in [2.24, 2.45) is 5.73 Å². The van der Waals surface area contributed by atoms with Crippen LogP contribution in [0.3, 0.4) is 0 Å². The molecular formula is C11H12F3N3O3. The highest BCUT2D eigenvalue weighted by Gasteiger charge is 2.30. The number of nitrogens with one attached hydrogen (secondary N) is 2. The minimum atomic E-state index is -4.52. The van der Waals surface area contributed by atoms with Crippen molar-refractivity contribution in [2.75, 3.05) is 11.9 Å². The zero-order chi connectivity index (χ0) is 15.3. The summed E-state index contributed by atoms with van der Waals surface area (Å²) in [7, 11) is 0. The van der Waals surface area contributed by atoms with Gasteiger partial charge < -0.3 is 21.5 Å². The highest BCUT2D eigenvalue weighted by atomic mass is 19.4. The number of aliphatic hydroxyl groups excluding tert-OH is 1. The molecule has 0 heterocycles. The molecule has 1 atom stereocenters. The van der Waals surface area contributed by atoms with E-state index in [1.165, 1.54) is 6.07 Å². The van der Waals surface area contributed by atoms with E-state index < -0.39 is 36.3 Å². The lowest BCUT2D eigenvalue weighted by Gasteiger charge is -2.11. The molecule has 0 bridgehead atoms. The molecule has 5 N–H and O–H groups in total. The number of primary amides is 1. The number of anilines is 1. The van der Waals surface area contributed by atoms with Gasteiger partial charge in [0.25, 0.3) is 0 Å². The Hall–Kier alpha value is -2.29. The number of alkyl halides is 3. The van der Waals surface area contributed by atoms with Gasteiger partial charge in [0, 0.05) is 5.69 Å². The van der Waals surface area contributed by atoms with Crippen LogP contribution >= 0.6 is 0 Å². The number of aliphatic hydroxyl groups is 1. The van der Waals surface area contributed by atoms with Gasteiger partial charge in [-0.25, -0.2) is 4.79 Å². The maximum Gasteiger partial charge on any atom is 0.416 e. The summed E-state index contributed by atoms with van der Waals surface area (Å²) in [6.45, 7) is -0.444. The van der Waals surface area contributed by atoms with Crippen LogP contribution in [0, 0.1) is 0 Å². The second-order valence-corrected chi connectivity index (χ2v) is 3.83. The van der Waals surface area contributed by atoms with Crippen LogP contribution in [0.1, 0.15) is 5.56 Å². The van der Waals surface area contributed by atoms with Gasteiger partial charge in [-0.05, 0) is 18.2 Å². The van der Waals surface area contributed by atoms with Crippen LogP contribution in [0.15, 0.2) is 24.3 Å². The van der Waals surface area contributed by atoms with Gasteiger partial charge in [0.05, 0.1) is 12.1 Å². The fourth-order valence-corrected chi connectivity index (χ4v) is 1.24. The second-order valence-electron chi connectivity index (χ2n) is 3.83. The standard InChI is InChI=1S/C11H12F3N3O3/c12-11(13,14)6-2-1-3-7(4-6)17-10(20)16-5-8(18)9(15)19/h1-4,8,18H,5H2,(H2,15,19)(H2,16,17,20). The summed E-state index contributed by atoms with van der Waals surface area (Å²) >= 11 is 0. The van der Waals surface area contributed by atoms with Crippen LogP contribution < -0.4 is 16.4 Å². The normalized spacial score (nSPS) is 12.6. The first-order valence-electron chi connectivity index (χ1n) is 5.39. The number of carbonyl (C=O) groups is 2. The first-order chi connectivity index (χ1) is 9.20. The SMILES string of the molecule is NC(=O)C(O)CNC(=O)Nc1cccc(C(F)(F)F)c1. The van der Waals surface area contributed by atoms with E-state index in [2.05, 4.69) is 10.6 Å². The summed E-state index contributed by atoms with van der Waals surface area (Å²) in [6.07, 6.45) is -6.08. The molecule has 0 radical (unpaired) electrons. The average Bonchev–Trinajstić information content (AvgIpc) is 2.35. The zero-order valence-corrected chi connectivity index (χ0v) is 10.1. The summed E-state index contributed by atoms with van der Waals surface area (Å²) < 4.78 is 37.3. The number of hydrogen-bond acceptors (Lipinski definition) is 3. The van der Waals surface area contributed by atoms with E-state index in [9.17, 15) is 22.8 Å². The molecule has 1 unspecified atom stereocenters. The van der Waals surface area contributed by atoms with Gasteiger partial charge in [0.15, 0.2) is 0 Å². The molecule has 0 spiro atoms. The third-order valence-corrected chi connectivity index (χ3v) is 2.23. The lowest BCUT2D eigenvalue weighted by Crippen LogP contribution is -2.41. The Morgan fingerprint density at radius 2 is 2.00 bits per heavy atom. The van der Waals surface area contributed by atoms with Gasteiger partial charge in [-0.3, -0.25) is 4.79 Å². The van der Waals surface area contributed by atoms with Crippen molar-refractivity contribution < 1.29 is 27.9 Å². The van der Waals surface area contributed by atoms with Gasteiger partial charge in [0.1, 0.15) is 6.10 Å². The molecule has 0 aliphatic rings. The lowest BCUT2D eigenvalue weighted by molar-refractivity contribution is -0.137. The van der Waals surface area contributed by atoms with Crippen molar-refractivity contribution in [3.8, 4) is 0 Å². The van der Waals surface area contributed by atoms with Gasteiger partial charge in [0.2, 0.25) is 5.91 Å². The highest BCUT2D eigenvalue weighted by Crippen LogP contribution is 2.30. The predicted molar refractivity (Wildman–Crippen MR) is 63.7 cm³/mol. The Balaban J connectivity index is 2.61. The topological polar surface area (TPSA) is 104 Å². The van der Waals surface area contributed by atoms with E-state index in [1.54, 1.807) is 0 Å². The molecule has 0 aromatic heterocycles. The summed E-state index contributed by atoms with van der Waals surface area (Å²) in [4.78, 5) is 21.8. The lowest BCUT2D eigenvalue weighted by atomic mass is 10.2. The van der Waals surface area contributed by atoms with Crippen molar-refractivity contribution in [3.63, 3.8) is 0 Å². The summed E-state index contributed by atoms with van der Waals surface area (Å²) in [6, 6.07) is 3.14. The minimum Gasteiger partial charge on any atom is -0.381 e. The number of nitrogens with two attached hydrogens (primary N) is 1. The Morgan fingerprint density at radius 3 is 2.55 bits per heavy atom. The Labute approximate surface area is 111 Å². The maximum absolute atomic E-state index is 12.4. The fourth-order valence-electron chi connectivity index (χ4n) is 1.24. The van der Waals surface area contributed by atoms with Crippen LogP contribution in [0.4, 0.5) is 23.7 Å². The number of carbonyl (C=O) groups excluding carboxylic acids is 2. The van der Waals surface area contributed by atoms with E-state index >= 15 is 0 Å². The smallest absolute Gasteiger partial charge is 0.381 e. The summed E-state index contributed by atoms with van der Waals surface area (Å²) in [5.41, 5.74) is 3.77. The molecule has 9 heteroatoms. The van der Waals surface area contributed by atoms with E-state index in [4.69, 9.17) is 10.8 Å². The first-order valence-corrected chi connectivity index (χ1v) is 5.39. The molecule has 1 aromatic rings. The fraction of sp³-hybridized carbons (Fsp3) is 0.273. The molecule has 110 valence electrons. The second kappa shape index (κ2) is 6.24. The molecule has 1 rings (SSSR count). The molecule has 1 aromatic carbocycles. The van der Waals surface area contributed by atoms with Crippen LogP contribution in [0.5, 0.6) is 0 Å². The van der Waals surface area contributed by atoms with Gasteiger partial charge in [-0.2, -0.15) is 13.2 Å². The van der Waals surface area contributed by atoms with Crippen LogP contribution in [-0.4, -0.2) is 29.7 Å². The van der Waals surface area contributed by atoms with Gasteiger partial charge >= 0.3 is 12.2 Å². The number of benzene rings is 1. The zero-order valence-electron chi connectivity index (χ0n) is 10.1. The van der Waals surface area contributed by atoms with Crippen molar-refractivity contribution in [2.45, 2.75) is 12.3 Å². The number of amides is 3. The number of rotatable bonds is 4. The van der Waals surface area contributed by atoms with Crippen molar-refractivity contribution in [1.82, 2.24) is 5.32 Å². The molecule has 0 aliphatic carbocycles. The predicted octanol–water partition coefficient (Wildman–Crippen LogP) is 0.673. The summed E-state index contributed by atoms with van der Waals surface area (Å²) in [5, 5.41) is 13.3. The minimum absolute atomic E-state index is 0.0779. The van der Waals surface area contributed by atoms with Crippen LogP contribution in [-0.2, 0) is 11.0 Å². The van der Waals surface area contributed by atoms with Crippen molar-refractivity contribution in [1.29, 1.82) is 0 Å². The Bertz CT molecular complexity index is 505. The first kappa shape index (κ1) is 15.8. The van der Waals surface area contributed by atoms with Crippen LogP contribution in [0.25, 0.3) is 0 Å². The molecule has 20 heavy (non-hydrogen) atoms. The average molecular weight is 291 g/mol. The maximum atomic E-state index is 12.4. The molecule has 3 amide bonds. The highest BCUT2D eigenvalue weighted by molar-refractivity contribution is 5.90. The van der Waals surface area contributed by atoms with E-state index in [-0.39, 0.29) is 5.69 Å². The Morgan fingerprint density at radius 1 is 1.35 bits per heavy atom. The van der Waals surface area contributed by atoms with Gasteiger partial charge in [-0.15, -0.1) is 0 Å². The largest absolute Gasteiger partial charge is 0.416 e. The van der Waals surface area contributed by atoms with E-state index in [0.717, 1.165) is 18.2 Å². The van der Waals surface area contributed by atoms with E-state index in [1.807, 2.05) is 0 Å². The molecule has 0 aliphatic heterocycles. The molecule has 0 saturated carbocycles. The molecular weight excluding hydrogens is 279 g/mol. The Kier molecular flexibility index (Phi) is 4.92. The molecule has 6 nitrogen and oxygen atoms in total. The number of halogens is 3. The quantitative estimate of drug-likeness (QED) is 0.655. The third kappa shape index (κ3) is 4.76. The third-order valence-electron chi connectivity index (χ3n) is 2.23. The number of hydrogen-bond donors (Lipinski definition) is 4. The van der Waals surface area contributed by atoms with Crippen molar-refractivity contribution >= 4 is 17.6 Å². The molecule has 0 saturated heterocycles. The van der Waals surface area contributed by atoms with E-state index in [0.29, 0.717) is 0 Å². The summed E-state index contributed by atoms with van der Waals surface area (Å²) in [5.74, 6) is -1.02. The van der Waals surface area contributed by atoms with Crippen molar-refractivity contribution in [3.05, 3.63) is 29.8 Å². The van der Waals surface area contributed by atoms with Gasteiger partial charge in [-0.1, -0.05) is 6.07 Å². The monoisotopic (exact) mass is 291 g/mol. The number of urea groups is 1. The molecule has 0 fully saturated rings. The van der Waals surface area contributed by atoms with Crippen LogP contribution in [0.2, 0.25) is 0 Å².